The Morgan fingerprint density at radius 1 is 1.13 bits per heavy atom. The molecule has 0 amide bonds. The van der Waals surface area contributed by atoms with Gasteiger partial charge in [0.1, 0.15) is 0 Å². The topological polar surface area (TPSA) is 71.4 Å². The molecule has 0 saturated carbocycles. The van der Waals surface area contributed by atoms with Gasteiger partial charge in [0.25, 0.3) is 0 Å². The van der Waals surface area contributed by atoms with Crippen LogP contribution in [0.25, 0.3) is 0 Å². The number of carboxylic acid groups (broad SMARTS) is 1. The SMILES string of the molecule is O=C(O)CC1C(=O)c2ccccc2C1=O. The van der Waals surface area contributed by atoms with Crippen LogP contribution in [0.3, 0.4) is 0 Å². The third-order valence-electron chi connectivity index (χ3n) is 2.47. The molecule has 15 heavy (non-hydrogen) atoms. The van der Waals surface area contributed by atoms with Crippen molar-refractivity contribution in [2.75, 3.05) is 0 Å². The highest BCUT2D eigenvalue weighted by molar-refractivity contribution is 6.27. The molecule has 4 heteroatoms. The quantitative estimate of drug-likeness (QED) is 0.733. The molecule has 76 valence electrons. The molecule has 0 saturated heterocycles. The van der Waals surface area contributed by atoms with E-state index in [-0.39, 0.29) is 11.6 Å². The average molecular weight is 204 g/mol. The van der Waals surface area contributed by atoms with Gasteiger partial charge in [-0.15, -0.1) is 0 Å². The number of aliphatic carboxylic acids is 1. The molecule has 0 unspecified atom stereocenters. The van der Waals surface area contributed by atoms with Gasteiger partial charge in [0.05, 0.1) is 12.3 Å². The first-order valence-electron chi connectivity index (χ1n) is 4.50. The second kappa shape index (κ2) is 3.31. The molecule has 0 aromatic heterocycles. The van der Waals surface area contributed by atoms with E-state index < -0.39 is 18.3 Å². The maximum Gasteiger partial charge on any atom is 0.304 e. The van der Waals surface area contributed by atoms with E-state index in [1.165, 1.54) is 0 Å². The van der Waals surface area contributed by atoms with E-state index in [1.54, 1.807) is 24.3 Å². The number of fused-ring (bicyclic) bond motifs is 1. The molecule has 0 bridgehead atoms. The summed E-state index contributed by atoms with van der Waals surface area (Å²) in [6.45, 7) is 0. The first-order chi connectivity index (χ1) is 7.11. The lowest BCUT2D eigenvalue weighted by atomic mass is 10.0. The summed E-state index contributed by atoms with van der Waals surface area (Å²) < 4.78 is 0. The number of ketones is 2. The van der Waals surface area contributed by atoms with Crippen LogP contribution in [-0.2, 0) is 4.79 Å². The summed E-state index contributed by atoms with van der Waals surface area (Å²) in [6.07, 6.45) is -0.424. The zero-order valence-electron chi connectivity index (χ0n) is 7.77. The molecular formula is C11H8O4. The predicted molar refractivity (Wildman–Crippen MR) is 50.8 cm³/mol. The fraction of sp³-hybridized carbons (Fsp3) is 0.182. The van der Waals surface area contributed by atoms with Gasteiger partial charge in [0, 0.05) is 11.1 Å². The van der Waals surface area contributed by atoms with Crippen molar-refractivity contribution in [3.8, 4) is 0 Å². The first kappa shape index (κ1) is 9.58. The molecule has 4 nitrogen and oxygen atoms in total. The largest absolute Gasteiger partial charge is 0.481 e. The zero-order chi connectivity index (χ0) is 11.0. The molecule has 1 aromatic rings. The maximum absolute atomic E-state index is 11.7. The van der Waals surface area contributed by atoms with Crippen LogP contribution in [-0.4, -0.2) is 22.6 Å². The standard InChI is InChI=1S/C11H8O4/c12-9(13)5-8-10(14)6-3-1-2-4-7(6)11(8)15/h1-4,8H,5H2,(H,12,13). The van der Waals surface area contributed by atoms with Crippen molar-refractivity contribution in [1.82, 2.24) is 0 Å². The smallest absolute Gasteiger partial charge is 0.304 e. The van der Waals surface area contributed by atoms with Crippen molar-refractivity contribution < 1.29 is 19.5 Å². The van der Waals surface area contributed by atoms with Crippen molar-refractivity contribution in [3.05, 3.63) is 35.4 Å². The highest BCUT2D eigenvalue weighted by atomic mass is 16.4. The van der Waals surface area contributed by atoms with Crippen LogP contribution in [0.2, 0.25) is 0 Å². The molecule has 1 aliphatic rings. The van der Waals surface area contributed by atoms with Gasteiger partial charge < -0.3 is 5.11 Å². The second-order valence-corrected chi connectivity index (χ2v) is 3.42. The van der Waals surface area contributed by atoms with E-state index in [4.69, 9.17) is 5.11 Å². The van der Waals surface area contributed by atoms with Crippen LogP contribution in [0, 0.1) is 5.92 Å². The highest BCUT2D eigenvalue weighted by Gasteiger charge is 2.39. The predicted octanol–water partition coefficient (Wildman–Crippen LogP) is 1.16. The summed E-state index contributed by atoms with van der Waals surface area (Å²) in [5.74, 6) is -2.91. The van der Waals surface area contributed by atoms with E-state index in [0.29, 0.717) is 11.1 Å². The molecule has 0 atom stereocenters. The molecule has 1 N–H and O–H groups in total. The van der Waals surface area contributed by atoms with Gasteiger partial charge in [0.15, 0.2) is 11.6 Å². The lowest BCUT2D eigenvalue weighted by Gasteiger charge is -2.00. The molecule has 0 fully saturated rings. The molecule has 2 rings (SSSR count). The van der Waals surface area contributed by atoms with Crippen LogP contribution in [0.5, 0.6) is 0 Å². The van der Waals surface area contributed by atoms with Gasteiger partial charge in [-0.1, -0.05) is 24.3 Å². The molecule has 0 aliphatic heterocycles. The summed E-state index contributed by atoms with van der Waals surface area (Å²) in [5.41, 5.74) is 0.683. The van der Waals surface area contributed by atoms with Crippen molar-refractivity contribution in [2.45, 2.75) is 6.42 Å². The van der Waals surface area contributed by atoms with Crippen LogP contribution in [0.15, 0.2) is 24.3 Å². The van der Waals surface area contributed by atoms with Gasteiger partial charge in [0.2, 0.25) is 0 Å². The number of carboxylic acids is 1. The Bertz CT molecular complexity index is 426. The summed E-state index contributed by atoms with van der Waals surface area (Å²) in [7, 11) is 0. The minimum Gasteiger partial charge on any atom is -0.481 e. The van der Waals surface area contributed by atoms with Gasteiger partial charge in [-0.2, -0.15) is 0 Å². The Hall–Kier alpha value is -1.97. The fourth-order valence-corrected chi connectivity index (χ4v) is 1.77. The van der Waals surface area contributed by atoms with Crippen LogP contribution in [0.1, 0.15) is 27.1 Å². The average Bonchev–Trinajstić information content (AvgIpc) is 2.44. The third-order valence-corrected chi connectivity index (χ3v) is 2.47. The molecule has 0 radical (unpaired) electrons. The summed E-state index contributed by atoms with van der Waals surface area (Å²) in [5, 5.41) is 8.58. The third kappa shape index (κ3) is 1.44. The van der Waals surface area contributed by atoms with E-state index in [2.05, 4.69) is 0 Å². The van der Waals surface area contributed by atoms with E-state index in [0.717, 1.165) is 0 Å². The number of hydrogen-bond acceptors (Lipinski definition) is 3. The fourth-order valence-electron chi connectivity index (χ4n) is 1.77. The van der Waals surface area contributed by atoms with Crippen LogP contribution in [0.4, 0.5) is 0 Å². The Morgan fingerprint density at radius 3 is 2.00 bits per heavy atom. The van der Waals surface area contributed by atoms with Crippen LogP contribution >= 0.6 is 0 Å². The van der Waals surface area contributed by atoms with Gasteiger partial charge in [-0.3, -0.25) is 14.4 Å². The van der Waals surface area contributed by atoms with Crippen LogP contribution < -0.4 is 0 Å². The van der Waals surface area contributed by atoms with Crippen molar-refractivity contribution in [3.63, 3.8) is 0 Å². The minimum absolute atomic E-state index is 0.341. The number of rotatable bonds is 2. The Balaban J connectivity index is 2.41. The number of carbonyl (C=O) groups excluding carboxylic acids is 2. The molecule has 1 aliphatic carbocycles. The zero-order valence-corrected chi connectivity index (χ0v) is 7.77. The second-order valence-electron chi connectivity index (χ2n) is 3.42. The number of benzene rings is 1. The van der Waals surface area contributed by atoms with Crippen molar-refractivity contribution in [2.24, 2.45) is 5.92 Å². The number of Topliss-reactive ketones (excluding diaryl/α,β-unsaturated/α-hetero) is 2. The van der Waals surface area contributed by atoms with E-state index in [1.807, 2.05) is 0 Å². The Labute approximate surface area is 85.5 Å². The lowest BCUT2D eigenvalue weighted by molar-refractivity contribution is -0.137. The summed E-state index contributed by atoms with van der Waals surface area (Å²) in [4.78, 5) is 33.8. The minimum atomic E-state index is -1.13. The van der Waals surface area contributed by atoms with Crippen molar-refractivity contribution in [1.29, 1.82) is 0 Å². The van der Waals surface area contributed by atoms with Crippen molar-refractivity contribution >= 4 is 17.5 Å². The van der Waals surface area contributed by atoms with Gasteiger partial charge >= 0.3 is 5.97 Å². The molecule has 0 spiro atoms. The highest BCUT2D eigenvalue weighted by Crippen LogP contribution is 2.28. The number of carbonyl (C=O) groups is 3. The Morgan fingerprint density at radius 2 is 1.60 bits per heavy atom. The normalized spacial score (nSPS) is 15.5. The van der Waals surface area contributed by atoms with E-state index >= 15 is 0 Å². The molecule has 0 heterocycles. The monoisotopic (exact) mass is 204 g/mol. The Kier molecular flexibility index (Phi) is 2.11. The first-order valence-corrected chi connectivity index (χ1v) is 4.50. The molecular weight excluding hydrogens is 196 g/mol. The maximum atomic E-state index is 11.7. The molecule has 1 aromatic carbocycles. The lowest BCUT2D eigenvalue weighted by Crippen LogP contribution is -2.19. The summed E-state index contributed by atoms with van der Waals surface area (Å²) in [6, 6.07) is 6.43. The summed E-state index contributed by atoms with van der Waals surface area (Å²) >= 11 is 0. The number of hydrogen-bond donors (Lipinski definition) is 1. The van der Waals surface area contributed by atoms with E-state index in [9.17, 15) is 14.4 Å². The van der Waals surface area contributed by atoms with Gasteiger partial charge in [-0.25, -0.2) is 0 Å². The van der Waals surface area contributed by atoms with Gasteiger partial charge in [-0.05, 0) is 0 Å².